The lowest BCUT2D eigenvalue weighted by Gasteiger charge is -2.37. The van der Waals surface area contributed by atoms with Crippen LogP contribution in [0, 0.1) is 0 Å². The molecule has 0 amide bonds. The number of aliphatic hydroxyl groups is 1. The summed E-state index contributed by atoms with van der Waals surface area (Å²) in [5, 5.41) is 12.1. The molecule has 0 aromatic heterocycles. The molecule has 5 nitrogen and oxygen atoms in total. The number of rotatable bonds is 7. The number of hydrogen-bond acceptors (Lipinski definition) is 5. The second-order valence-electron chi connectivity index (χ2n) is 4.85. The Balaban J connectivity index is 2.32. The van der Waals surface area contributed by atoms with Crippen LogP contribution in [0.2, 0.25) is 0 Å². The maximum atomic E-state index is 11.4. The Morgan fingerprint density at radius 1 is 1.18 bits per heavy atom. The zero-order valence-electron chi connectivity index (χ0n) is 10.3. The van der Waals surface area contributed by atoms with Crippen molar-refractivity contribution in [1.29, 1.82) is 0 Å². The Morgan fingerprint density at radius 3 is 2.35 bits per heavy atom. The third kappa shape index (κ3) is 4.91. The number of sulfone groups is 1. The third-order valence-corrected chi connectivity index (χ3v) is 5.16. The summed E-state index contributed by atoms with van der Waals surface area (Å²) in [5.74, 6) is 0.488. The minimum absolute atomic E-state index is 0.190. The van der Waals surface area contributed by atoms with E-state index in [1.807, 2.05) is 0 Å². The Labute approximate surface area is 104 Å². The molecule has 0 aromatic rings. The summed E-state index contributed by atoms with van der Waals surface area (Å²) in [6.07, 6.45) is 4.04. The van der Waals surface area contributed by atoms with E-state index in [0.717, 1.165) is 25.8 Å². The van der Waals surface area contributed by atoms with Gasteiger partial charge in [-0.2, -0.15) is 0 Å². The van der Waals surface area contributed by atoms with Gasteiger partial charge in [0.05, 0.1) is 11.5 Å². The van der Waals surface area contributed by atoms with Crippen molar-refractivity contribution in [3.8, 4) is 0 Å². The van der Waals surface area contributed by atoms with Gasteiger partial charge in [0.2, 0.25) is 0 Å². The first-order valence-corrected chi connectivity index (χ1v) is 8.12. The molecule has 0 aromatic carbocycles. The molecule has 0 radical (unpaired) electrons. The van der Waals surface area contributed by atoms with Crippen LogP contribution in [-0.4, -0.2) is 50.3 Å². The molecule has 6 heteroatoms. The van der Waals surface area contributed by atoms with Crippen LogP contribution in [0.5, 0.6) is 0 Å². The molecule has 1 aliphatic heterocycles. The molecule has 0 atom stereocenters. The van der Waals surface area contributed by atoms with Gasteiger partial charge in [-0.25, -0.2) is 8.42 Å². The molecule has 0 saturated carbocycles. The highest BCUT2D eigenvalue weighted by Crippen LogP contribution is 2.22. The molecular formula is C11H24N2O3S. The Bertz CT molecular complexity index is 303. The summed E-state index contributed by atoms with van der Waals surface area (Å²) in [6.45, 7) is 1.57. The van der Waals surface area contributed by atoms with E-state index in [-0.39, 0.29) is 23.7 Å². The van der Waals surface area contributed by atoms with Crippen molar-refractivity contribution in [3.63, 3.8) is 0 Å². The smallest absolute Gasteiger partial charge is 0.150 e. The van der Waals surface area contributed by atoms with E-state index in [2.05, 4.69) is 5.32 Å². The number of hydrogen-bond donors (Lipinski definition) is 3. The molecular weight excluding hydrogens is 240 g/mol. The van der Waals surface area contributed by atoms with Gasteiger partial charge >= 0.3 is 0 Å². The molecule has 0 unspecified atom stereocenters. The largest absolute Gasteiger partial charge is 0.396 e. The highest BCUT2D eigenvalue weighted by Gasteiger charge is 2.35. The van der Waals surface area contributed by atoms with Gasteiger partial charge in [-0.3, -0.25) is 0 Å². The van der Waals surface area contributed by atoms with Gasteiger partial charge in [-0.15, -0.1) is 0 Å². The molecule has 1 fully saturated rings. The standard InChI is InChI=1S/C11H24N2O3S/c12-10-11(13-6-2-1-3-7-14)4-8-17(15,16)9-5-11/h13-14H,1-10,12H2. The van der Waals surface area contributed by atoms with E-state index < -0.39 is 9.84 Å². The lowest BCUT2D eigenvalue weighted by atomic mass is 9.92. The first-order valence-electron chi connectivity index (χ1n) is 6.30. The molecule has 17 heavy (non-hydrogen) atoms. The van der Waals surface area contributed by atoms with Crippen molar-refractivity contribution >= 4 is 9.84 Å². The summed E-state index contributed by atoms with van der Waals surface area (Å²) in [6, 6.07) is 0. The van der Waals surface area contributed by atoms with Gasteiger partial charge < -0.3 is 16.2 Å². The van der Waals surface area contributed by atoms with Gasteiger partial charge in [0, 0.05) is 18.7 Å². The predicted molar refractivity (Wildman–Crippen MR) is 68.6 cm³/mol. The predicted octanol–water partition coefficient (Wildman–Crippen LogP) is -0.355. The van der Waals surface area contributed by atoms with E-state index in [0.29, 0.717) is 19.4 Å². The number of aliphatic hydroxyl groups excluding tert-OH is 1. The first kappa shape index (κ1) is 14.9. The molecule has 0 bridgehead atoms. The lowest BCUT2D eigenvalue weighted by molar-refractivity contribution is 0.274. The molecule has 0 aliphatic carbocycles. The van der Waals surface area contributed by atoms with Gasteiger partial charge in [-0.1, -0.05) is 0 Å². The summed E-state index contributed by atoms with van der Waals surface area (Å²) < 4.78 is 22.7. The van der Waals surface area contributed by atoms with E-state index in [1.54, 1.807) is 0 Å². The van der Waals surface area contributed by atoms with Gasteiger partial charge in [-0.05, 0) is 38.6 Å². The second kappa shape index (κ2) is 6.68. The molecule has 1 heterocycles. The fraction of sp³-hybridized carbons (Fsp3) is 1.00. The second-order valence-corrected chi connectivity index (χ2v) is 7.15. The number of nitrogens with two attached hydrogens (primary N) is 1. The third-order valence-electron chi connectivity index (χ3n) is 3.51. The zero-order valence-corrected chi connectivity index (χ0v) is 11.1. The number of nitrogens with one attached hydrogen (secondary N) is 1. The molecule has 1 saturated heterocycles. The summed E-state index contributed by atoms with van der Waals surface area (Å²) in [7, 11) is -2.83. The Morgan fingerprint density at radius 2 is 1.82 bits per heavy atom. The number of unbranched alkanes of at least 4 members (excludes halogenated alkanes) is 2. The van der Waals surface area contributed by atoms with Gasteiger partial charge in [0.1, 0.15) is 9.84 Å². The van der Waals surface area contributed by atoms with Crippen molar-refractivity contribution < 1.29 is 13.5 Å². The van der Waals surface area contributed by atoms with E-state index >= 15 is 0 Å². The topological polar surface area (TPSA) is 92.4 Å². The van der Waals surface area contributed by atoms with Gasteiger partial charge in [0.25, 0.3) is 0 Å². The van der Waals surface area contributed by atoms with Crippen molar-refractivity contribution in [3.05, 3.63) is 0 Å². The molecule has 4 N–H and O–H groups in total. The van der Waals surface area contributed by atoms with Crippen LogP contribution in [0.15, 0.2) is 0 Å². The normalized spacial score (nSPS) is 22.5. The maximum Gasteiger partial charge on any atom is 0.150 e. The first-order chi connectivity index (χ1) is 8.04. The maximum absolute atomic E-state index is 11.4. The van der Waals surface area contributed by atoms with E-state index in [4.69, 9.17) is 10.8 Å². The molecule has 102 valence electrons. The fourth-order valence-corrected chi connectivity index (χ4v) is 3.76. The summed E-state index contributed by atoms with van der Waals surface area (Å²) in [4.78, 5) is 0. The zero-order chi connectivity index (χ0) is 12.8. The monoisotopic (exact) mass is 264 g/mol. The average Bonchev–Trinajstić information content (AvgIpc) is 2.32. The molecule has 0 spiro atoms. The van der Waals surface area contributed by atoms with Crippen LogP contribution in [0.25, 0.3) is 0 Å². The lowest BCUT2D eigenvalue weighted by Crippen LogP contribution is -2.55. The summed E-state index contributed by atoms with van der Waals surface area (Å²) in [5.41, 5.74) is 5.58. The van der Waals surface area contributed by atoms with Crippen LogP contribution in [-0.2, 0) is 9.84 Å². The van der Waals surface area contributed by atoms with Gasteiger partial charge in [0.15, 0.2) is 0 Å². The van der Waals surface area contributed by atoms with Crippen molar-refractivity contribution in [2.45, 2.75) is 37.6 Å². The Kier molecular flexibility index (Phi) is 5.85. The highest BCUT2D eigenvalue weighted by atomic mass is 32.2. The Hall–Kier alpha value is -0.170. The van der Waals surface area contributed by atoms with E-state index in [9.17, 15) is 8.42 Å². The fourth-order valence-electron chi connectivity index (χ4n) is 2.15. The van der Waals surface area contributed by atoms with Crippen LogP contribution < -0.4 is 11.1 Å². The molecule has 1 rings (SSSR count). The quantitative estimate of drug-likeness (QED) is 0.546. The van der Waals surface area contributed by atoms with Crippen molar-refractivity contribution in [1.82, 2.24) is 5.32 Å². The van der Waals surface area contributed by atoms with Crippen LogP contribution in [0.4, 0.5) is 0 Å². The SMILES string of the molecule is NCC1(NCCCCCO)CCS(=O)(=O)CC1. The highest BCUT2D eigenvalue weighted by molar-refractivity contribution is 7.91. The van der Waals surface area contributed by atoms with Crippen LogP contribution in [0.3, 0.4) is 0 Å². The van der Waals surface area contributed by atoms with Crippen LogP contribution in [0.1, 0.15) is 32.1 Å². The average molecular weight is 264 g/mol. The van der Waals surface area contributed by atoms with E-state index in [1.165, 1.54) is 0 Å². The summed E-state index contributed by atoms with van der Waals surface area (Å²) >= 11 is 0. The van der Waals surface area contributed by atoms with Crippen molar-refractivity contribution in [2.24, 2.45) is 5.73 Å². The minimum atomic E-state index is -2.83. The molecule has 1 aliphatic rings. The minimum Gasteiger partial charge on any atom is -0.396 e. The van der Waals surface area contributed by atoms with Crippen molar-refractivity contribution in [2.75, 3.05) is 31.2 Å². The van der Waals surface area contributed by atoms with Crippen LogP contribution >= 0.6 is 0 Å².